The van der Waals surface area contributed by atoms with E-state index < -0.39 is 0 Å². The van der Waals surface area contributed by atoms with Crippen LogP contribution in [0, 0.1) is 12.8 Å². The molecule has 1 heteroatoms. The first-order chi connectivity index (χ1) is 5.76. The predicted molar refractivity (Wildman–Crippen MR) is 55.9 cm³/mol. The highest BCUT2D eigenvalue weighted by molar-refractivity contribution is 4.72. The summed E-state index contributed by atoms with van der Waals surface area (Å²) in [6, 6.07) is 0.414. The molecule has 2 N–H and O–H groups in total. The smallest absolute Gasteiger partial charge is 0.00670 e. The van der Waals surface area contributed by atoms with Gasteiger partial charge in [-0.25, -0.2) is 0 Å². The second kappa shape index (κ2) is 7.60. The quantitative estimate of drug-likeness (QED) is 0.624. The SMILES string of the molecule is [CH2]CCC(CCC)C(N)CCC. The van der Waals surface area contributed by atoms with Crippen LogP contribution in [-0.2, 0) is 0 Å². The van der Waals surface area contributed by atoms with Crippen LogP contribution in [0.5, 0.6) is 0 Å². The third kappa shape index (κ3) is 4.76. The van der Waals surface area contributed by atoms with Crippen LogP contribution in [-0.4, -0.2) is 6.04 Å². The Hall–Kier alpha value is -0.0400. The van der Waals surface area contributed by atoms with Crippen molar-refractivity contribution in [1.82, 2.24) is 0 Å². The molecule has 1 nitrogen and oxygen atoms in total. The van der Waals surface area contributed by atoms with Crippen molar-refractivity contribution < 1.29 is 0 Å². The van der Waals surface area contributed by atoms with Crippen molar-refractivity contribution in [3.8, 4) is 0 Å². The summed E-state index contributed by atoms with van der Waals surface area (Å²) in [5, 5.41) is 0. The van der Waals surface area contributed by atoms with Crippen LogP contribution in [0.4, 0.5) is 0 Å². The number of hydrogen-bond donors (Lipinski definition) is 1. The maximum absolute atomic E-state index is 6.07. The Bertz CT molecular complexity index is 85.0. The van der Waals surface area contributed by atoms with E-state index in [2.05, 4.69) is 20.8 Å². The maximum Gasteiger partial charge on any atom is 0.00670 e. The summed E-state index contributed by atoms with van der Waals surface area (Å²) in [6.07, 6.45) is 7.14. The molecule has 0 saturated heterocycles. The van der Waals surface area contributed by atoms with E-state index in [1.807, 2.05) is 0 Å². The van der Waals surface area contributed by atoms with Gasteiger partial charge in [0.25, 0.3) is 0 Å². The van der Waals surface area contributed by atoms with Crippen molar-refractivity contribution in [2.45, 2.75) is 58.4 Å². The summed E-state index contributed by atoms with van der Waals surface area (Å²) in [4.78, 5) is 0. The number of rotatable bonds is 7. The van der Waals surface area contributed by atoms with Crippen molar-refractivity contribution in [1.29, 1.82) is 0 Å². The Kier molecular flexibility index (Phi) is 7.58. The van der Waals surface area contributed by atoms with Gasteiger partial charge in [-0.15, -0.1) is 0 Å². The van der Waals surface area contributed by atoms with Gasteiger partial charge in [-0.05, 0) is 25.2 Å². The van der Waals surface area contributed by atoms with Gasteiger partial charge >= 0.3 is 0 Å². The van der Waals surface area contributed by atoms with Gasteiger partial charge in [-0.2, -0.15) is 0 Å². The van der Waals surface area contributed by atoms with Crippen LogP contribution in [0.25, 0.3) is 0 Å². The van der Waals surface area contributed by atoms with Gasteiger partial charge in [-0.3, -0.25) is 0 Å². The average Bonchev–Trinajstić information content (AvgIpc) is 2.04. The zero-order chi connectivity index (χ0) is 9.40. The molecule has 0 saturated carbocycles. The molecule has 0 aliphatic heterocycles. The van der Waals surface area contributed by atoms with Crippen molar-refractivity contribution in [2.24, 2.45) is 11.7 Å². The van der Waals surface area contributed by atoms with Gasteiger partial charge in [0.15, 0.2) is 0 Å². The molecule has 0 aliphatic rings. The van der Waals surface area contributed by atoms with Gasteiger partial charge < -0.3 is 5.73 Å². The summed E-state index contributed by atoms with van der Waals surface area (Å²) in [5.41, 5.74) is 6.07. The summed E-state index contributed by atoms with van der Waals surface area (Å²) >= 11 is 0. The van der Waals surface area contributed by atoms with Crippen LogP contribution >= 0.6 is 0 Å². The normalized spacial score (nSPS) is 13.8. The van der Waals surface area contributed by atoms with E-state index in [0.29, 0.717) is 12.0 Å². The van der Waals surface area contributed by atoms with E-state index >= 15 is 0 Å². The highest BCUT2D eigenvalue weighted by Gasteiger charge is 2.14. The van der Waals surface area contributed by atoms with Gasteiger partial charge in [0.2, 0.25) is 0 Å². The number of hydrogen-bond acceptors (Lipinski definition) is 1. The van der Waals surface area contributed by atoms with Gasteiger partial charge in [0.05, 0.1) is 0 Å². The van der Waals surface area contributed by atoms with Crippen molar-refractivity contribution >= 4 is 0 Å². The zero-order valence-corrected chi connectivity index (χ0v) is 8.68. The molecule has 0 aromatic carbocycles. The van der Waals surface area contributed by atoms with E-state index in [1.165, 1.54) is 32.1 Å². The maximum atomic E-state index is 6.07. The molecule has 0 heterocycles. The van der Waals surface area contributed by atoms with E-state index in [9.17, 15) is 0 Å². The lowest BCUT2D eigenvalue weighted by atomic mass is 9.89. The fraction of sp³-hybridized carbons (Fsp3) is 0.909. The van der Waals surface area contributed by atoms with Crippen LogP contribution in [0.15, 0.2) is 0 Å². The second-order valence-electron chi connectivity index (χ2n) is 3.64. The summed E-state index contributed by atoms with van der Waals surface area (Å²) in [6.45, 7) is 8.33. The largest absolute Gasteiger partial charge is 0.327 e. The average molecular weight is 170 g/mol. The van der Waals surface area contributed by atoms with Crippen molar-refractivity contribution in [3.63, 3.8) is 0 Å². The van der Waals surface area contributed by atoms with Crippen LogP contribution in [0.1, 0.15) is 52.4 Å². The molecule has 0 rings (SSSR count). The third-order valence-electron chi connectivity index (χ3n) is 2.46. The Labute approximate surface area is 77.7 Å². The zero-order valence-electron chi connectivity index (χ0n) is 8.68. The van der Waals surface area contributed by atoms with Crippen LogP contribution in [0.3, 0.4) is 0 Å². The molecule has 0 amide bonds. The Balaban J connectivity index is 3.72. The highest BCUT2D eigenvalue weighted by atomic mass is 14.6. The molecule has 0 fully saturated rings. The molecular formula is C11H24N. The highest BCUT2D eigenvalue weighted by Crippen LogP contribution is 2.19. The third-order valence-corrected chi connectivity index (χ3v) is 2.46. The fourth-order valence-electron chi connectivity index (χ4n) is 1.77. The molecule has 0 aromatic rings. The Morgan fingerprint density at radius 2 is 1.67 bits per heavy atom. The topological polar surface area (TPSA) is 26.0 Å². The summed E-state index contributed by atoms with van der Waals surface area (Å²) in [7, 11) is 0. The van der Waals surface area contributed by atoms with E-state index in [1.54, 1.807) is 0 Å². The Morgan fingerprint density at radius 3 is 2.08 bits per heavy atom. The molecule has 0 aromatic heterocycles. The van der Waals surface area contributed by atoms with Crippen LogP contribution in [0.2, 0.25) is 0 Å². The number of nitrogens with two attached hydrogens (primary N) is 1. The van der Waals surface area contributed by atoms with Gasteiger partial charge in [0, 0.05) is 6.04 Å². The molecule has 2 atom stereocenters. The minimum atomic E-state index is 0.414. The summed E-state index contributed by atoms with van der Waals surface area (Å²) in [5.74, 6) is 0.715. The minimum absolute atomic E-state index is 0.414. The molecule has 0 bridgehead atoms. The first kappa shape index (κ1) is 12.0. The van der Waals surface area contributed by atoms with E-state index in [-0.39, 0.29) is 0 Å². The van der Waals surface area contributed by atoms with Gasteiger partial charge in [-0.1, -0.05) is 40.0 Å². The molecule has 12 heavy (non-hydrogen) atoms. The lowest BCUT2D eigenvalue weighted by Crippen LogP contribution is -2.29. The first-order valence-corrected chi connectivity index (χ1v) is 5.31. The molecule has 0 spiro atoms. The Morgan fingerprint density at radius 1 is 1.08 bits per heavy atom. The monoisotopic (exact) mass is 170 g/mol. The van der Waals surface area contributed by atoms with E-state index in [0.717, 1.165) is 6.42 Å². The lowest BCUT2D eigenvalue weighted by Gasteiger charge is -2.22. The molecular weight excluding hydrogens is 146 g/mol. The van der Waals surface area contributed by atoms with Crippen molar-refractivity contribution in [2.75, 3.05) is 0 Å². The molecule has 2 unspecified atom stereocenters. The minimum Gasteiger partial charge on any atom is -0.327 e. The standard InChI is InChI=1S/C11H24N/c1-4-7-10(8-5-2)11(12)9-6-3/h10-11H,1,4-9,12H2,2-3H3. The molecule has 1 radical (unpaired) electrons. The molecule has 73 valence electrons. The molecule has 0 aliphatic carbocycles. The summed E-state index contributed by atoms with van der Waals surface area (Å²) < 4.78 is 0. The first-order valence-electron chi connectivity index (χ1n) is 5.31. The van der Waals surface area contributed by atoms with Gasteiger partial charge in [0.1, 0.15) is 0 Å². The van der Waals surface area contributed by atoms with Crippen molar-refractivity contribution in [3.05, 3.63) is 6.92 Å². The second-order valence-corrected chi connectivity index (χ2v) is 3.64. The van der Waals surface area contributed by atoms with E-state index in [4.69, 9.17) is 5.73 Å². The predicted octanol–water partition coefficient (Wildman–Crippen LogP) is 3.14. The lowest BCUT2D eigenvalue weighted by molar-refractivity contribution is 0.350. The fourth-order valence-corrected chi connectivity index (χ4v) is 1.77. The van der Waals surface area contributed by atoms with Crippen LogP contribution < -0.4 is 5.73 Å².